The topological polar surface area (TPSA) is 86.6 Å². The van der Waals surface area contributed by atoms with Crippen molar-refractivity contribution in [2.24, 2.45) is 0 Å². The van der Waals surface area contributed by atoms with Gasteiger partial charge in [0, 0.05) is 24.1 Å². The summed E-state index contributed by atoms with van der Waals surface area (Å²) in [6.45, 7) is 0.223. The first-order valence-electron chi connectivity index (χ1n) is 9.65. The van der Waals surface area contributed by atoms with Gasteiger partial charge >= 0.3 is 0 Å². The van der Waals surface area contributed by atoms with Crippen LogP contribution >= 0.6 is 11.3 Å². The number of thiazole rings is 1. The van der Waals surface area contributed by atoms with Crippen molar-refractivity contribution >= 4 is 33.3 Å². The fourth-order valence-corrected chi connectivity index (χ4v) is 4.54. The Morgan fingerprint density at radius 2 is 2.06 bits per heavy atom. The van der Waals surface area contributed by atoms with Crippen LogP contribution in [0.5, 0.6) is 17.2 Å². The molecule has 0 unspecified atom stereocenters. The lowest BCUT2D eigenvalue weighted by Gasteiger charge is -2.04. The van der Waals surface area contributed by atoms with Gasteiger partial charge in [0.2, 0.25) is 12.2 Å². The van der Waals surface area contributed by atoms with E-state index in [0.29, 0.717) is 45.6 Å². The van der Waals surface area contributed by atoms with Crippen molar-refractivity contribution in [1.82, 2.24) is 9.97 Å². The lowest BCUT2D eigenvalue weighted by molar-refractivity contribution is 0.174. The first-order chi connectivity index (χ1) is 15.2. The number of fused-ring (bicyclic) bond motifs is 3. The van der Waals surface area contributed by atoms with Crippen molar-refractivity contribution in [3.05, 3.63) is 69.5 Å². The normalized spacial score (nSPS) is 12.7. The van der Waals surface area contributed by atoms with Crippen LogP contribution in [0.25, 0.3) is 32.6 Å². The Hall–Kier alpha value is -3.78. The maximum atomic E-state index is 13.4. The number of hydrogen-bond acceptors (Lipinski definition) is 7. The van der Waals surface area contributed by atoms with E-state index in [1.165, 1.54) is 11.3 Å². The Balaban J connectivity index is 1.58. The maximum absolute atomic E-state index is 13.4. The molecule has 0 amide bonds. The average Bonchev–Trinajstić information content (AvgIpc) is 3.53. The number of H-pyrrole nitrogens is 1. The Morgan fingerprint density at radius 1 is 1.16 bits per heavy atom. The van der Waals surface area contributed by atoms with Gasteiger partial charge < -0.3 is 23.6 Å². The number of nitrogens with zero attached hydrogens (tertiary/aromatic N) is 1. The molecular weight excluding hydrogens is 416 g/mol. The fourth-order valence-electron chi connectivity index (χ4n) is 3.90. The highest BCUT2D eigenvalue weighted by Gasteiger charge is 2.22. The zero-order valence-electron chi connectivity index (χ0n) is 16.4. The molecule has 5 aromatic rings. The smallest absolute Gasteiger partial charge is 0.231 e. The highest BCUT2D eigenvalue weighted by atomic mass is 32.1. The van der Waals surface area contributed by atoms with Crippen LogP contribution in [0.4, 0.5) is 0 Å². The zero-order valence-corrected chi connectivity index (χ0v) is 17.2. The molecule has 1 N–H and O–H groups in total. The first kappa shape index (κ1) is 18.0. The highest BCUT2D eigenvalue weighted by molar-refractivity contribution is 7.13. The molecule has 1 aliphatic rings. The second kappa shape index (κ2) is 6.88. The van der Waals surface area contributed by atoms with Crippen LogP contribution in [0.1, 0.15) is 11.3 Å². The third-order valence-electron chi connectivity index (χ3n) is 5.36. The third-order valence-corrected chi connectivity index (χ3v) is 6.15. The summed E-state index contributed by atoms with van der Waals surface area (Å²) in [7, 11) is 1.58. The molecule has 2 aromatic carbocycles. The molecule has 0 spiro atoms. The molecule has 4 heterocycles. The minimum absolute atomic E-state index is 0.0997. The van der Waals surface area contributed by atoms with Crippen LogP contribution in [-0.4, -0.2) is 23.9 Å². The molecule has 0 atom stereocenters. The van der Waals surface area contributed by atoms with Crippen molar-refractivity contribution < 1.29 is 18.6 Å². The number of hydrogen-bond donors (Lipinski definition) is 1. The molecule has 0 aliphatic carbocycles. The second-order valence-electron chi connectivity index (χ2n) is 7.18. The summed E-state index contributed by atoms with van der Waals surface area (Å²) in [6, 6.07) is 11.0. The van der Waals surface area contributed by atoms with Crippen LogP contribution in [-0.2, 0) is 6.42 Å². The molecule has 6 rings (SSSR count). The predicted octanol–water partition coefficient (Wildman–Crippen LogP) is 4.73. The molecule has 8 heteroatoms. The van der Waals surface area contributed by atoms with Gasteiger partial charge in [0.25, 0.3) is 0 Å². The first-order valence-corrected chi connectivity index (χ1v) is 10.5. The van der Waals surface area contributed by atoms with Crippen molar-refractivity contribution in [2.75, 3.05) is 13.9 Å². The van der Waals surface area contributed by atoms with Crippen LogP contribution in [0.3, 0.4) is 0 Å². The van der Waals surface area contributed by atoms with Crippen molar-refractivity contribution in [3.63, 3.8) is 0 Å². The Bertz CT molecular complexity index is 1500. The summed E-state index contributed by atoms with van der Waals surface area (Å²) in [6.07, 6.45) is 2.24. The maximum Gasteiger partial charge on any atom is 0.231 e. The SMILES string of the molecule is COc1ccc2c(=O)c3c(-c4nccs4)[nH]c(Cc4ccc5c(c4)OCO5)c3oc2c1. The minimum Gasteiger partial charge on any atom is -0.497 e. The number of benzene rings is 2. The Kier molecular flexibility index (Phi) is 4.00. The van der Waals surface area contributed by atoms with Gasteiger partial charge in [-0.1, -0.05) is 6.07 Å². The van der Waals surface area contributed by atoms with Crippen molar-refractivity contribution in [2.45, 2.75) is 6.42 Å². The van der Waals surface area contributed by atoms with Gasteiger partial charge in [0.15, 0.2) is 17.1 Å². The van der Waals surface area contributed by atoms with Gasteiger partial charge in [-0.15, -0.1) is 11.3 Å². The van der Waals surface area contributed by atoms with E-state index in [-0.39, 0.29) is 12.2 Å². The summed E-state index contributed by atoms with van der Waals surface area (Å²) < 4.78 is 22.5. The molecule has 0 radical (unpaired) electrons. The van der Waals surface area contributed by atoms with E-state index in [2.05, 4.69) is 9.97 Å². The summed E-state index contributed by atoms with van der Waals surface area (Å²) >= 11 is 1.47. The number of aromatic amines is 1. The number of nitrogens with one attached hydrogen (secondary N) is 1. The molecule has 154 valence electrons. The van der Waals surface area contributed by atoms with Gasteiger partial charge in [0.05, 0.1) is 29.3 Å². The van der Waals surface area contributed by atoms with E-state index in [9.17, 15) is 4.79 Å². The highest BCUT2D eigenvalue weighted by Crippen LogP contribution is 2.36. The standard InChI is InChI=1S/C23H16N2O5S/c1-27-13-3-4-14-17(10-13)30-22-15(8-12-2-5-16-18(9-12)29-11-28-16)25-20(19(22)21(14)26)23-24-6-7-31-23/h2-7,9-10,25H,8,11H2,1H3. The van der Waals surface area contributed by atoms with E-state index in [0.717, 1.165) is 22.0 Å². The predicted molar refractivity (Wildman–Crippen MR) is 117 cm³/mol. The van der Waals surface area contributed by atoms with Crippen LogP contribution in [0.15, 0.2) is 57.2 Å². The minimum atomic E-state index is -0.0997. The van der Waals surface area contributed by atoms with Crippen LogP contribution < -0.4 is 19.6 Å². The van der Waals surface area contributed by atoms with Gasteiger partial charge in [-0.3, -0.25) is 4.79 Å². The second-order valence-corrected chi connectivity index (χ2v) is 8.07. The number of methoxy groups -OCH3 is 1. The van der Waals surface area contributed by atoms with E-state index >= 15 is 0 Å². The fraction of sp³-hybridized carbons (Fsp3) is 0.130. The number of rotatable bonds is 4. The molecule has 3 aromatic heterocycles. The van der Waals surface area contributed by atoms with Gasteiger partial charge in [-0.05, 0) is 29.8 Å². The summed E-state index contributed by atoms with van der Waals surface area (Å²) in [5, 5.41) is 3.62. The molecular formula is C23H16N2O5S. The van der Waals surface area contributed by atoms with Gasteiger partial charge in [-0.2, -0.15) is 0 Å². The van der Waals surface area contributed by atoms with Gasteiger partial charge in [-0.25, -0.2) is 4.98 Å². The molecule has 0 saturated heterocycles. The van der Waals surface area contributed by atoms with Crippen LogP contribution in [0.2, 0.25) is 0 Å². The zero-order chi connectivity index (χ0) is 20.9. The van der Waals surface area contributed by atoms with Crippen molar-refractivity contribution in [3.8, 4) is 28.0 Å². The van der Waals surface area contributed by atoms with E-state index in [4.69, 9.17) is 18.6 Å². The summed E-state index contributed by atoms with van der Waals surface area (Å²) in [5.41, 5.74) is 3.37. The quantitative estimate of drug-likeness (QED) is 0.442. The monoisotopic (exact) mass is 432 g/mol. The largest absolute Gasteiger partial charge is 0.497 e. The Labute approximate surface area is 179 Å². The number of aromatic nitrogens is 2. The molecule has 0 saturated carbocycles. The lowest BCUT2D eigenvalue weighted by Crippen LogP contribution is -2.02. The number of ether oxygens (including phenoxy) is 3. The van der Waals surface area contributed by atoms with E-state index in [1.807, 2.05) is 23.6 Å². The summed E-state index contributed by atoms with van der Waals surface area (Å²) in [5.74, 6) is 2.07. The molecule has 31 heavy (non-hydrogen) atoms. The summed E-state index contributed by atoms with van der Waals surface area (Å²) in [4.78, 5) is 21.2. The average molecular weight is 432 g/mol. The van der Waals surface area contributed by atoms with Gasteiger partial charge in [0.1, 0.15) is 16.3 Å². The Morgan fingerprint density at radius 3 is 2.90 bits per heavy atom. The molecule has 7 nitrogen and oxygen atoms in total. The van der Waals surface area contributed by atoms with Crippen molar-refractivity contribution in [1.29, 1.82) is 0 Å². The van der Waals surface area contributed by atoms with Crippen LogP contribution in [0, 0.1) is 0 Å². The lowest BCUT2D eigenvalue weighted by atomic mass is 10.1. The van der Waals surface area contributed by atoms with E-state index < -0.39 is 0 Å². The molecule has 1 aliphatic heterocycles. The molecule has 0 fully saturated rings. The molecule has 0 bridgehead atoms. The third kappa shape index (κ3) is 2.87. The van der Waals surface area contributed by atoms with E-state index in [1.54, 1.807) is 31.5 Å².